The van der Waals surface area contributed by atoms with Gasteiger partial charge in [-0.3, -0.25) is 4.18 Å². The maximum absolute atomic E-state index is 11.9. The summed E-state index contributed by atoms with van der Waals surface area (Å²) in [4.78, 5) is 0.238. The molecular formula is C46H50IO3S+. The molecule has 0 radical (unpaired) electrons. The van der Waals surface area contributed by atoms with Gasteiger partial charge in [0.25, 0.3) is 10.1 Å². The maximum atomic E-state index is 11.9. The Morgan fingerprint density at radius 3 is 1.22 bits per heavy atom. The monoisotopic (exact) mass is 809 g/mol. The second-order valence-electron chi connectivity index (χ2n) is 12.7. The molecule has 0 N–H and O–H groups in total. The molecule has 0 amide bonds. The highest BCUT2D eigenvalue weighted by molar-refractivity contribution is 7.86. The van der Waals surface area contributed by atoms with Crippen LogP contribution in [0.25, 0.3) is 32.3 Å². The molecule has 0 spiro atoms. The van der Waals surface area contributed by atoms with Gasteiger partial charge in [0, 0.05) is 0 Å². The zero-order valence-electron chi connectivity index (χ0n) is 29.7. The Kier molecular flexibility index (Phi) is 15.8. The Morgan fingerprint density at radius 1 is 0.431 bits per heavy atom. The third kappa shape index (κ3) is 12.2. The SMILES string of the molecule is CCCCCCCCCCCCOS(=O)(=O)c1ccccc1.c1cc2ccc3cccc4ccc(c1)c2c34.c1ccc([I+]c2ccccc2)cc1. The molecule has 0 saturated carbocycles. The highest BCUT2D eigenvalue weighted by atomic mass is 127. The van der Waals surface area contributed by atoms with Crippen LogP contribution in [0.5, 0.6) is 0 Å². The van der Waals surface area contributed by atoms with Crippen molar-refractivity contribution < 1.29 is 33.8 Å². The summed E-state index contributed by atoms with van der Waals surface area (Å²) in [7, 11) is -3.57. The average Bonchev–Trinajstić information content (AvgIpc) is 3.18. The predicted molar refractivity (Wildman–Crippen MR) is 212 cm³/mol. The molecule has 0 atom stereocenters. The fourth-order valence-corrected chi connectivity index (χ4v) is 9.40. The zero-order valence-corrected chi connectivity index (χ0v) is 32.7. The van der Waals surface area contributed by atoms with Gasteiger partial charge in [0.05, 0.1) is 11.5 Å². The molecule has 0 aliphatic heterocycles. The lowest BCUT2D eigenvalue weighted by Crippen LogP contribution is -3.61. The van der Waals surface area contributed by atoms with Crippen LogP contribution in [0.4, 0.5) is 0 Å². The van der Waals surface area contributed by atoms with Crippen LogP contribution in [0.15, 0.2) is 157 Å². The van der Waals surface area contributed by atoms with Crippen LogP contribution in [-0.2, 0) is 14.3 Å². The van der Waals surface area contributed by atoms with E-state index in [1.807, 2.05) is 0 Å². The van der Waals surface area contributed by atoms with Crippen LogP contribution in [0.1, 0.15) is 71.1 Å². The third-order valence-corrected chi connectivity index (χ3v) is 12.9. The van der Waals surface area contributed by atoms with E-state index in [9.17, 15) is 8.42 Å². The lowest BCUT2D eigenvalue weighted by Gasteiger charge is -2.09. The van der Waals surface area contributed by atoms with Gasteiger partial charge in [0.15, 0.2) is 7.14 Å². The molecule has 264 valence electrons. The number of rotatable bonds is 15. The fraction of sp³-hybridized carbons (Fsp3) is 0.261. The first-order chi connectivity index (χ1) is 25.0. The van der Waals surface area contributed by atoms with Gasteiger partial charge in [0.2, 0.25) is 0 Å². The molecule has 0 aromatic heterocycles. The van der Waals surface area contributed by atoms with Gasteiger partial charge in [-0.05, 0) is 75.1 Å². The number of benzene rings is 7. The molecule has 7 rings (SSSR count). The van der Waals surface area contributed by atoms with E-state index in [0.29, 0.717) is 0 Å². The van der Waals surface area contributed by atoms with Crippen LogP contribution in [0.3, 0.4) is 0 Å². The molecule has 0 heterocycles. The van der Waals surface area contributed by atoms with Crippen LogP contribution < -0.4 is 21.2 Å². The minimum atomic E-state index is -3.57. The van der Waals surface area contributed by atoms with Gasteiger partial charge < -0.3 is 0 Å². The predicted octanol–water partition coefficient (Wildman–Crippen LogP) is 9.71. The first kappa shape index (κ1) is 38.5. The molecule has 7 aromatic carbocycles. The molecule has 0 aliphatic carbocycles. The van der Waals surface area contributed by atoms with Crippen molar-refractivity contribution in [1.29, 1.82) is 0 Å². The Morgan fingerprint density at radius 2 is 0.804 bits per heavy atom. The smallest absolute Gasteiger partial charge is 0.266 e. The van der Waals surface area contributed by atoms with Gasteiger partial charge in [0.1, 0.15) is 0 Å². The molecule has 0 unspecified atom stereocenters. The van der Waals surface area contributed by atoms with E-state index < -0.39 is 10.1 Å². The molecule has 0 saturated heterocycles. The van der Waals surface area contributed by atoms with Gasteiger partial charge >= 0.3 is 21.2 Å². The standard InChI is InChI=1S/C18H30O3S.C16H10.C12H10I/c1-2-3-4-5-6-7-8-9-10-14-17-21-22(19,20)18-15-12-11-13-16-18;1-3-11-7-9-13-5-2-6-14-10-8-12(4-1)15(11)16(13)14;1-3-7-11(8-4-1)13-12-9-5-2-6-10-12/h11-13,15-16H,2-10,14,17H2,1H3;1-10H;1-10H/q;;+1. The summed E-state index contributed by atoms with van der Waals surface area (Å²) in [6.07, 6.45) is 12.3. The van der Waals surface area contributed by atoms with Crippen molar-refractivity contribution in [3.05, 3.63) is 159 Å². The maximum Gasteiger partial charge on any atom is 0.357 e. The molecule has 5 heteroatoms. The molecule has 3 nitrogen and oxygen atoms in total. The summed E-state index contributed by atoms with van der Waals surface area (Å²) in [5.74, 6) is 0. The highest BCUT2D eigenvalue weighted by Gasteiger charge is 2.14. The van der Waals surface area contributed by atoms with Crippen LogP contribution in [-0.4, -0.2) is 15.0 Å². The molecule has 51 heavy (non-hydrogen) atoms. The molecular weight excluding hydrogens is 759 g/mol. The quantitative estimate of drug-likeness (QED) is 0.0449. The summed E-state index contributed by atoms with van der Waals surface area (Å²) in [6.45, 7) is 2.52. The summed E-state index contributed by atoms with van der Waals surface area (Å²) in [5, 5.41) is 8.14. The van der Waals surface area contributed by atoms with Gasteiger partial charge in [-0.15, -0.1) is 0 Å². The average molecular weight is 810 g/mol. The van der Waals surface area contributed by atoms with Crippen molar-refractivity contribution in [1.82, 2.24) is 0 Å². The molecule has 7 aromatic rings. The minimum Gasteiger partial charge on any atom is -0.266 e. The first-order valence-electron chi connectivity index (χ1n) is 18.4. The Labute approximate surface area is 315 Å². The lowest BCUT2D eigenvalue weighted by atomic mass is 9.95. The van der Waals surface area contributed by atoms with E-state index in [1.54, 1.807) is 30.3 Å². The van der Waals surface area contributed by atoms with Gasteiger partial charge in [-0.1, -0.05) is 180 Å². The van der Waals surface area contributed by atoms with E-state index in [2.05, 4.69) is 128 Å². The summed E-state index contributed by atoms with van der Waals surface area (Å²) < 4.78 is 31.8. The lowest BCUT2D eigenvalue weighted by molar-refractivity contribution is -0.597. The number of unbranched alkanes of at least 4 members (excludes halogenated alkanes) is 9. The Hall–Kier alpha value is -3.78. The van der Waals surface area contributed by atoms with Gasteiger partial charge in [-0.2, -0.15) is 8.42 Å². The largest absolute Gasteiger partial charge is 0.357 e. The number of hydrogen-bond acceptors (Lipinski definition) is 3. The van der Waals surface area contributed by atoms with Crippen molar-refractivity contribution in [3.63, 3.8) is 0 Å². The van der Waals surface area contributed by atoms with E-state index in [4.69, 9.17) is 4.18 Å². The summed E-state index contributed by atoms with van der Waals surface area (Å²) in [5.41, 5.74) is 0. The first-order valence-corrected chi connectivity index (χ1v) is 21.9. The highest BCUT2D eigenvalue weighted by Crippen LogP contribution is 2.33. The van der Waals surface area contributed by atoms with E-state index >= 15 is 0 Å². The molecule has 0 fully saturated rings. The van der Waals surface area contributed by atoms with Crippen molar-refractivity contribution in [2.24, 2.45) is 0 Å². The van der Waals surface area contributed by atoms with Crippen molar-refractivity contribution >= 4 is 42.4 Å². The normalized spacial score (nSPS) is 11.2. The second kappa shape index (κ2) is 20.9. The third-order valence-electron chi connectivity index (χ3n) is 8.85. The summed E-state index contributed by atoms with van der Waals surface area (Å²) >= 11 is 0.0287. The van der Waals surface area contributed by atoms with Crippen molar-refractivity contribution in [2.45, 2.75) is 76.0 Å². The zero-order chi connectivity index (χ0) is 35.6. The minimum absolute atomic E-state index is 0.0287. The van der Waals surface area contributed by atoms with Crippen molar-refractivity contribution in [2.75, 3.05) is 6.61 Å². The van der Waals surface area contributed by atoms with E-state index in [-0.39, 0.29) is 32.7 Å². The molecule has 0 aliphatic rings. The van der Waals surface area contributed by atoms with E-state index in [1.165, 1.54) is 90.8 Å². The van der Waals surface area contributed by atoms with E-state index in [0.717, 1.165) is 12.8 Å². The van der Waals surface area contributed by atoms with Crippen LogP contribution in [0.2, 0.25) is 0 Å². The fourth-order valence-electron chi connectivity index (χ4n) is 6.16. The molecule has 0 bridgehead atoms. The Bertz CT molecular complexity index is 1930. The van der Waals surface area contributed by atoms with Crippen LogP contribution in [0, 0.1) is 7.14 Å². The number of halogens is 1. The second-order valence-corrected chi connectivity index (χ2v) is 17.4. The van der Waals surface area contributed by atoms with Gasteiger partial charge in [-0.25, -0.2) is 0 Å². The number of hydrogen-bond donors (Lipinski definition) is 0. The van der Waals surface area contributed by atoms with Crippen molar-refractivity contribution in [3.8, 4) is 0 Å². The van der Waals surface area contributed by atoms with Crippen LogP contribution >= 0.6 is 0 Å². The topological polar surface area (TPSA) is 43.4 Å². The summed E-state index contributed by atoms with van der Waals surface area (Å²) in [6, 6.07) is 51.6. The Balaban J connectivity index is 0.000000153.